The fourth-order valence-electron chi connectivity index (χ4n) is 0.602. The van der Waals surface area contributed by atoms with Crippen LogP contribution in [0.4, 0.5) is 0 Å². The van der Waals surface area contributed by atoms with Gasteiger partial charge in [0.2, 0.25) is 0 Å². The van der Waals surface area contributed by atoms with E-state index in [1.165, 1.54) is 10.2 Å². The first-order valence-corrected chi connectivity index (χ1v) is 6.10. The molecule has 12 heavy (non-hydrogen) atoms. The second-order valence-corrected chi connectivity index (χ2v) is 6.12. The molecule has 0 aliphatic carbocycles. The Morgan fingerprint density at radius 2 is 1.67 bits per heavy atom. The molecule has 6 heteroatoms. The monoisotopic (exact) mass is 286 g/mol. The van der Waals surface area contributed by atoms with Gasteiger partial charge in [-0.25, -0.2) is 0 Å². The van der Waals surface area contributed by atoms with E-state index in [0.717, 1.165) is 11.0 Å². The first kappa shape index (κ1) is 19.3. The lowest BCUT2D eigenvalue weighted by Crippen LogP contribution is -2.00. The van der Waals surface area contributed by atoms with Gasteiger partial charge in [0.1, 0.15) is 0 Å². The van der Waals surface area contributed by atoms with Crippen molar-refractivity contribution in [2.24, 2.45) is 0 Å². The summed E-state index contributed by atoms with van der Waals surface area (Å²) in [5.41, 5.74) is 0. The molecule has 0 bridgehead atoms. The highest BCUT2D eigenvalue weighted by Crippen LogP contribution is 2.37. The topological polar surface area (TPSA) is 0 Å². The van der Waals surface area contributed by atoms with E-state index in [4.69, 9.17) is 0 Å². The van der Waals surface area contributed by atoms with Crippen LogP contribution in [0.2, 0.25) is 0 Å². The van der Waals surface area contributed by atoms with Crippen molar-refractivity contribution in [3.63, 3.8) is 0 Å². The highest BCUT2D eigenvalue weighted by atomic mass is 35.5. The van der Waals surface area contributed by atoms with Crippen LogP contribution in [0.5, 0.6) is 0 Å². The molecule has 0 nitrogen and oxygen atoms in total. The van der Waals surface area contributed by atoms with E-state index in [9.17, 15) is 0 Å². The maximum absolute atomic E-state index is 3.72. The molecule has 76 valence electrons. The van der Waals surface area contributed by atoms with Gasteiger partial charge in [0.25, 0.3) is 0 Å². The van der Waals surface area contributed by atoms with Crippen molar-refractivity contribution in [1.29, 1.82) is 0 Å². The molecule has 0 atom stereocenters. The molecule has 0 aromatic carbocycles. The summed E-state index contributed by atoms with van der Waals surface area (Å²) in [6, 6.07) is 0. The Kier molecular flexibility index (Phi) is 20.3. The van der Waals surface area contributed by atoms with Crippen LogP contribution < -0.4 is 0 Å². The van der Waals surface area contributed by atoms with Gasteiger partial charge in [0, 0.05) is 10.2 Å². The maximum atomic E-state index is 3.72. The van der Waals surface area contributed by atoms with Crippen LogP contribution in [0.25, 0.3) is 0 Å². The number of rotatable bonds is 2. The first-order chi connectivity index (χ1) is 4.43. The fraction of sp³-hybridized carbons (Fsp3) is 0.667. The maximum Gasteiger partial charge on any atom is 0.0553 e. The van der Waals surface area contributed by atoms with Crippen LogP contribution in [0.3, 0.4) is 0 Å². The van der Waals surface area contributed by atoms with Crippen LogP contribution in [-0.4, -0.2) is 14.8 Å². The van der Waals surface area contributed by atoms with Crippen LogP contribution >= 0.6 is 72.5 Å². The summed E-state index contributed by atoms with van der Waals surface area (Å²) in [5.74, 6) is 0. The molecule has 0 amide bonds. The SMILES string of the molecule is C=CCC1SCSCS1.Cl.Cl.Cl. The Bertz CT molecular complexity index is 96.0. The molecule has 1 saturated heterocycles. The van der Waals surface area contributed by atoms with Gasteiger partial charge in [0.15, 0.2) is 0 Å². The van der Waals surface area contributed by atoms with Crippen LogP contribution in [0.1, 0.15) is 6.42 Å². The van der Waals surface area contributed by atoms with Crippen molar-refractivity contribution in [3.8, 4) is 0 Å². The quantitative estimate of drug-likeness (QED) is 0.696. The standard InChI is InChI=1S/C6H10S3.3ClH/c1-2-3-6-8-4-7-5-9-6;;;/h2,6H,1,3-5H2;3*1H. The minimum atomic E-state index is 0. The lowest BCUT2D eigenvalue weighted by molar-refractivity contribution is 1.19. The molecule has 1 aliphatic rings. The molecular formula is C6H13Cl3S3. The Hall–Kier alpha value is 1.66. The van der Waals surface area contributed by atoms with E-state index in [0.29, 0.717) is 0 Å². The average Bonchev–Trinajstić information content (AvgIpc) is 1.91. The van der Waals surface area contributed by atoms with Gasteiger partial charge in [0.05, 0.1) is 4.58 Å². The van der Waals surface area contributed by atoms with E-state index in [1.54, 1.807) is 0 Å². The summed E-state index contributed by atoms with van der Waals surface area (Å²) in [7, 11) is 0. The third kappa shape index (κ3) is 8.27. The molecule has 0 radical (unpaired) electrons. The number of hydrogen-bond donors (Lipinski definition) is 0. The number of allylic oxidation sites excluding steroid dienone is 1. The van der Waals surface area contributed by atoms with E-state index < -0.39 is 0 Å². The third-order valence-corrected chi connectivity index (χ3v) is 5.40. The molecule has 0 saturated carbocycles. The summed E-state index contributed by atoms with van der Waals surface area (Å²) in [6.07, 6.45) is 3.18. The largest absolute Gasteiger partial charge is 0.147 e. The normalized spacial score (nSPS) is 16.3. The minimum Gasteiger partial charge on any atom is -0.147 e. The van der Waals surface area contributed by atoms with Gasteiger partial charge < -0.3 is 0 Å². The van der Waals surface area contributed by atoms with Crippen molar-refractivity contribution in [3.05, 3.63) is 12.7 Å². The van der Waals surface area contributed by atoms with Gasteiger partial charge in [-0.1, -0.05) is 6.08 Å². The Labute approximate surface area is 106 Å². The van der Waals surface area contributed by atoms with E-state index in [2.05, 4.69) is 6.58 Å². The zero-order valence-corrected chi connectivity index (χ0v) is 11.3. The molecule has 0 aromatic heterocycles. The predicted octanol–water partition coefficient (Wildman–Crippen LogP) is 4.28. The second kappa shape index (κ2) is 12.7. The number of thioether (sulfide) groups is 3. The summed E-state index contributed by atoms with van der Waals surface area (Å²) in [5, 5.41) is 2.54. The molecule has 1 fully saturated rings. The molecular weight excluding hydrogens is 275 g/mol. The Balaban J connectivity index is -0.000000270. The predicted molar refractivity (Wildman–Crippen MR) is 72.9 cm³/mol. The fourth-order valence-corrected chi connectivity index (χ4v) is 5.40. The zero-order chi connectivity index (χ0) is 6.53. The van der Waals surface area contributed by atoms with Crippen molar-refractivity contribution in [2.75, 3.05) is 10.2 Å². The minimum absolute atomic E-state index is 0. The molecule has 0 N–H and O–H groups in total. The molecule has 1 heterocycles. The third-order valence-electron chi connectivity index (χ3n) is 1.03. The molecule has 0 unspecified atom stereocenters. The summed E-state index contributed by atoms with van der Waals surface area (Å²) in [4.78, 5) is 0. The van der Waals surface area contributed by atoms with Gasteiger partial charge in [-0.3, -0.25) is 0 Å². The van der Waals surface area contributed by atoms with Crippen LogP contribution in [0.15, 0.2) is 12.7 Å². The van der Waals surface area contributed by atoms with E-state index in [-0.39, 0.29) is 37.2 Å². The smallest absolute Gasteiger partial charge is 0.0553 e. The summed E-state index contributed by atoms with van der Waals surface area (Å²) in [6.45, 7) is 3.72. The second-order valence-electron chi connectivity index (χ2n) is 1.73. The van der Waals surface area contributed by atoms with Crippen molar-refractivity contribution < 1.29 is 0 Å². The summed E-state index contributed by atoms with van der Waals surface area (Å²) >= 11 is 6.10. The lowest BCUT2D eigenvalue weighted by Gasteiger charge is -2.18. The highest BCUT2D eigenvalue weighted by molar-refractivity contribution is 8.32. The van der Waals surface area contributed by atoms with Gasteiger partial charge in [-0.15, -0.1) is 79.1 Å². The number of halogens is 3. The molecule has 1 rings (SSSR count). The van der Waals surface area contributed by atoms with Gasteiger partial charge in [-0.2, -0.15) is 0 Å². The average molecular weight is 288 g/mol. The number of hydrogen-bond acceptors (Lipinski definition) is 3. The summed E-state index contributed by atoms with van der Waals surface area (Å²) < 4.78 is 0.795. The van der Waals surface area contributed by atoms with Crippen molar-refractivity contribution >= 4 is 72.5 Å². The van der Waals surface area contributed by atoms with Gasteiger partial charge >= 0.3 is 0 Å². The van der Waals surface area contributed by atoms with Gasteiger partial charge in [-0.05, 0) is 6.42 Å². The zero-order valence-electron chi connectivity index (χ0n) is 6.43. The van der Waals surface area contributed by atoms with Crippen molar-refractivity contribution in [1.82, 2.24) is 0 Å². The van der Waals surface area contributed by atoms with Crippen LogP contribution in [-0.2, 0) is 0 Å². The Morgan fingerprint density at radius 1 is 1.17 bits per heavy atom. The Morgan fingerprint density at radius 3 is 2.08 bits per heavy atom. The lowest BCUT2D eigenvalue weighted by atomic mass is 10.5. The van der Waals surface area contributed by atoms with Crippen LogP contribution in [0, 0.1) is 0 Å². The van der Waals surface area contributed by atoms with E-state index in [1.807, 2.05) is 41.4 Å². The molecule has 0 spiro atoms. The molecule has 0 aromatic rings. The highest BCUT2D eigenvalue weighted by Gasteiger charge is 2.11. The van der Waals surface area contributed by atoms with E-state index >= 15 is 0 Å². The molecule has 1 aliphatic heterocycles. The first-order valence-electron chi connectivity index (χ1n) is 2.85. The van der Waals surface area contributed by atoms with Crippen molar-refractivity contribution in [2.45, 2.75) is 11.0 Å².